The first kappa shape index (κ1) is 13.5. The lowest BCUT2D eigenvalue weighted by atomic mass is 10.2. The highest BCUT2D eigenvalue weighted by molar-refractivity contribution is 7.99. The lowest BCUT2D eigenvalue weighted by Crippen LogP contribution is -2.04. The summed E-state index contributed by atoms with van der Waals surface area (Å²) in [6.45, 7) is 5.58. The summed E-state index contributed by atoms with van der Waals surface area (Å²) in [4.78, 5) is 23.5. The second kappa shape index (κ2) is 5.36. The van der Waals surface area contributed by atoms with E-state index in [2.05, 4.69) is 15.0 Å². The van der Waals surface area contributed by atoms with E-state index in [1.807, 2.05) is 26.0 Å². The van der Waals surface area contributed by atoms with Crippen LogP contribution in [0.25, 0.3) is 0 Å². The van der Waals surface area contributed by atoms with Crippen LogP contribution < -0.4 is 0 Å². The number of aromatic carboxylic acids is 1. The standard InChI is InChI=1S/C13H13N3O2S/c1-7-4-8(2)15-11(5-7)19-13-14-6-10(12(17)18)9(3)16-13/h4-6H,1-3H3,(H,17,18). The number of carboxylic acids is 1. The Morgan fingerprint density at radius 1 is 1.21 bits per heavy atom. The first-order valence-electron chi connectivity index (χ1n) is 5.66. The fourth-order valence-electron chi connectivity index (χ4n) is 1.65. The summed E-state index contributed by atoms with van der Waals surface area (Å²) in [6.07, 6.45) is 1.33. The molecular weight excluding hydrogens is 262 g/mol. The van der Waals surface area contributed by atoms with Crippen molar-refractivity contribution in [3.05, 3.63) is 40.8 Å². The summed E-state index contributed by atoms with van der Waals surface area (Å²) in [7, 11) is 0. The molecule has 0 fully saturated rings. The molecule has 0 unspecified atom stereocenters. The van der Waals surface area contributed by atoms with Crippen molar-refractivity contribution < 1.29 is 9.90 Å². The average Bonchev–Trinajstić information content (AvgIpc) is 2.26. The Kier molecular flexibility index (Phi) is 3.80. The molecule has 0 aliphatic heterocycles. The Balaban J connectivity index is 2.28. The van der Waals surface area contributed by atoms with Crippen molar-refractivity contribution in [2.24, 2.45) is 0 Å². The minimum absolute atomic E-state index is 0.123. The summed E-state index contributed by atoms with van der Waals surface area (Å²) in [6, 6.07) is 3.94. The Labute approximate surface area is 115 Å². The number of aromatic nitrogens is 3. The van der Waals surface area contributed by atoms with Gasteiger partial charge >= 0.3 is 5.97 Å². The topological polar surface area (TPSA) is 76.0 Å². The van der Waals surface area contributed by atoms with Gasteiger partial charge in [-0.1, -0.05) is 0 Å². The zero-order chi connectivity index (χ0) is 14.0. The quantitative estimate of drug-likeness (QED) is 0.868. The number of carboxylic acid groups (broad SMARTS) is 1. The number of hydrogen-bond acceptors (Lipinski definition) is 5. The molecule has 0 amide bonds. The lowest BCUT2D eigenvalue weighted by Gasteiger charge is -2.04. The molecule has 5 nitrogen and oxygen atoms in total. The van der Waals surface area contributed by atoms with Gasteiger partial charge in [0.2, 0.25) is 0 Å². The lowest BCUT2D eigenvalue weighted by molar-refractivity contribution is 0.0695. The van der Waals surface area contributed by atoms with Gasteiger partial charge in [-0.25, -0.2) is 19.7 Å². The van der Waals surface area contributed by atoms with Gasteiger partial charge in [-0.15, -0.1) is 0 Å². The highest BCUT2D eigenvalue weighted by atomic mass is 32.2. The van der Waals surface area contributed by atoms with Crippen molar-refractivity contribution in [2.45, 2.75) is 31.0 Å². The largest absolute Gasteiger partial charge is 0.478 e. The third kappa shape index (κ3) is 3.29. The van der Waals surface area contributed by atoms with Gasteiger partial charge in [-0.05, 0) is 50.2 Å². The van der Waals surface area contributed by atoms with Crippen LogP contribution >= 0.6 is 11.8 Å². The van der Waals surface area contributed by atoms with Crippen LogP contribution in [-0.4, -0.2) is 26.0 Å². The Bertz CT molecular complexity index is 624. The van der Waals surface area contributed by atoms with Crippen LogP contribution in [0.2, 0.25) is 0 Å². The van der Waals surface area contributed by atoms with Crippen molar-refractivity contribution in [3.63, 3.8) is 0 Å². The molecule has 2 rings (SSSR count). The third-order valence-electron chi connectivity index (χ3n) is 2.46. The van der Waals surface area contributed by atoms with Crippen LogP contribution in [0.1, 0.15) is 27.3 Å². The molecule has 2 aromatic rings. The van der Waals surface area contributed by atoms with Gasteiger partial charge in [0.25, 0.3) is 0 Å². The number of hydrogen-bond donors (Lipinski definition) is 1. The fraction of sp³-hybridized carbons (Fsp3) is 0.231. The predicted octanol–water partition coefficient (Wildman–Crippen LogP) is 2.65. The molecular formula is C13H13N3O2S. The molecule has 0 saturated heterocycles. The third-order valence-corrected chi connectivity index (χ3v) is 3.26. The van der Waals surface area contributed by atoms with E-state index in [9.17, 15) is 4.79 Å². The Morgan fingerprint density at radius 3 is 2.53 bits per heavy atom. The van der Waals surface area contributed by atoms with Crippen molar-refractivity contribution in [1.82, 2.24) is 15.0 Å². The summed E-state index contributed by atoms with van der Waals surface area (Å²) in [5.74, 6) is -1.02. The Hall–Kier alpha value is -1.95. The van der Waals surface area contributed by atoms with Gasteiger partial charge in [0.05, 0.1) is 11.3 Å². The number of rotatable bonds is 3. The molecule has 19 heavy (non-hydrogen) atoms. The van der Waals surface area contributed by atoms with Crippen LogP contribution in [0.5, 0.6) is 0 Å². The Morgan fingerprint density at radius 2 is 1.95 bits per heavy atom. The summed E-state index contributed by atoms with van der Waals surface area (Å²) in [5.41, 5.74) is 2.63. The van der Waals surface area contributed by atoms with Crippen LogP contribution in [-0.2, 0) is 0 Å². The summed E-state index contributed by atoms with van der Waals surface area (Å²) >= 11 is 1.32. The average molecular weight is 275 g/mol. The predicted molar refractivity (Wildman–Crippen MR) is 71.6 cm³/mol. The van der Waals surface area contributed by atoms with Crippen LogP contribution in [0.15, 0.2) is 28.5 Å². The minimum atomic E-state index is -1.02. The SMILES string of the molecule is Cc1cc(C)nc(Sc2ncc(C(=O)O)c(C)n2)c1. The van der Waals surface area contributed by atoms with Gasteiger partial charge in [0, 0.05) is 11.9 Å². The minimum Gasteiger partial charge on any atom is -0.478 e. The van der Waals surface area contributed by atoms with E-state index in [0.29, 0.717) is 10.9 Å². The molecule has 1 N–H and O–H groups in total. The van der Waals surface area contributed by atoms with Crippen molar-refractivity contribution in [2.75, 3.05) is 0 Å². The monoisotopic (exact) mass is 275 g/mol. The van der Waals surface area contributed by atoms with Gasteiger partial charge in [-0.3, -0.25) is 0 Å². The molecule has 6 heteroatoms. The van der Waals surface area contributed by atoms with E-state index in [1.165, 1.54) is 18.0 Å². The number of carbonyl (C=O) groups is 1. The van der Waals surface area contributed by atoms with Crippen molar-refractivity contribution in [1.29, 1.82) is 0 Å². The normalized spacial score (nSPS) is 10.5. The first-order chi connectivity index (χ1) is 8.95. The molecule has 0 atom stereocenters. The molecule has 2 aromatic heterocycles. The van der Waals surface area contributed by atoms with E-state index in [-0.39, 0.29) is 5.56 Å². The van der Waals surface area contributed by atoms with Crippen LogP contribution in [0.3, 0.4) is 0 Å². The van der Waals surface area contributed by atoms with E-state index >= 15 is 0 Å². The highest BCUT2D eigenvalue weighted by Crippen LogP contribution is 2.24. The van der Waals surface area contributed by atoms with E-state index < -0.39 is 5.97 Å². The van der Waals surface area contributed by atoms with E-state index in [0.717, 1.165) is 16.3 Å². The van der Waals surface area contributed by atoms with Crippen molar-refractivity contribution >= 4 is 17.7 Å². The smallest absolute Gasteiger partial charge is 0.339 e. The van der Waals surface area contributed by atoms with Gasteiger partial charge in [0.15, 0.2) is 5.16 Å². The maximum absolute atomic E-state index is 10.9. The molecule has 2 heterocycles. The number of nitrogens with zero attached hydrogens (tertiary/aromatic N) is 3. The highest BCUT2D eigenvalue weighted by Gasteiger charge is 2.11. The van der Waals surface area contributed by atoms with E-state index in [1.54, 1.807) is 6.92 Å². The molecule has 0 bridgehead atoms. The second-order valence-electron chi connectivity index (χ2n) is 4.18. The maximum Gasteiger partial charge on any atom is 0.339 e. The summed E-state index contributed by atoms with van der Waals surface area (Å²) in [5, 5.41) is 10.2. The zero-order valence-electron chi connectivity index (χ0n) is 10.8. The molecule has 0 radical (unpaired) electrons. The van der Waals surface area contributed by atoms with Crippen LogP contribution in [0, 0.1) is 20.8 Å². The molecule has 0 aliphatic carbocycles. The maximum atomic E-state index is 10.9. The number of aryl methyl sites for hydroxylation is 3. The molecule has 98 valence electrons. The molecule has 0 saturated carbocycles. The summed E-state index contributed by atoms with van der Waals surface area (Å²) < 4.78 is 0. The van der Waals surface area contributed by atoms with Crippen molar-refractivity contribution in [3.8, 4) is 0 Å². The second-order valence-corrected chi connectivity index (χ2v) is 5.17. The first-order valence-corrected chi connectivity index (χ1v) is 6.47. The van der Waals surface area contributed by atoms with Gasteiger partial charge in [-0.2, -0.15) is 0 Å². The fourth-order valence-corrected chi connectivity index (χ4v) is 2.56. The van der Waals surface area contributed by atoms with Gasteiger partial charge in [0.1, 0.15) is 5.03 Å². The molecule has 0 spiro atoms. The van der Waals surface area contributed by atoms with E-state index in [4.69, 9.17) is 5.11 Å². The molecule has 0 aliphatic rings. The molecule has 0 aromatic carbocycles. The van der Waals surface area contributed by atoms with Gasteiger partial charge < -0.3 is 5.11 Å². The zero-order valence-corrected chi connectivity index (χ0v) is 11.7. The van der Waals surface area contributed by atoms with Crippen LogP contribution in [0.4, 0.5) is 0 Å². The number of pyridine rings is 1.